The van der Waals surface area contributed by atoms with E-state index >= 15 is 0 Å². The maximum atomic E-state index is 12.2. The number of carboxylic acid groups (broad SMARTS) is 1. The lowest BCUT2D eigenvalue weighted by molar-refractivity contribution is -0.145. The molecular weight excluding hydrogens is 244 g/mol. The molecule has 0 saturated heterocycles. The van der Waals surface area contributed by atoms with Gasteiger partial charge >= 0.3 is 5.97 Å². The summed E-state index contributed by atoms with van der Waals surface area (Å²) < 4.78 is 0. The summed E-state index contributed by atoms with van der Waals surface area (Å²) in [5.74, 6) is -1.97. The average Bonchev–Trinajstić information content (AvgIpc) is 2.74. The molecule has 2 rings (SSSR count). The van der Waals surface area contributed by atoms with E-state index in [4.69, 9.17) is 10.8 Å². The van der Waals surface area contributed by atoms with E-state index < -0.39 is 17.8 Å². The molecule has 3 unspecified atom stereocenters. The van der Waals surface area contributed by atoms with Crippen LogP contribution in [0.1, 0.15) is 19.8 Å². The lowest BCUT2D eigenvalue weighted by atomic mass is 9.95. The first kappa shape index (κ1) is 13.4. The minimum Gasteiger partial charge on any atom is -0.481 e. The first-order chi connectivity index (χ1) is 8.99. The number of hydrogen-bond acceptors (Lipinski definition) is 3. The van der Waals surface area contributed by atoms with Crippen molar-refractivity contribution in [3.8, 4) is 0 Å². The van der Waals surface area contributed by atoms with Crippen molar-refractivity contribution in [1.82, 2.24) is 0 Å². The van der Waals surface area contributed by atoms with Crippen molar-refractivity contribution >= 4 is 23.3 Å². The van der Waals surface area contributed by atoms with Crippen molar-refractivity contribution in [2.75, 3.05) is 11.1 Å². The fraction of sp³-hybridized carbons (Fsp3) is 0.429. The van der Waals surface area contributed by atoms with Crippen molar-refractivity contribution < 1.29 is 14.7 Å². The van der Waals surface area contributed by atoms with Gasteiger partial charge in [-0.3, -0.25) is 9.59 Å². The minimum absolute atomic E-state index is 0.255. The van der Waals surface area contributed by atoms with Gasteiger partial charge in [-0.2, -0.15) is 0 Å². The molecule has 102 valence electrons. The van der Waals surface area contributed by atoms with Gasteiger partial charge in [0.05, 0.1) is 23.2 Å². The van der Waals surface area contributed by atoms with Gasteiger partial charge in [-0.15, -0.1) is 0 Å². The molecule has 1 fully saturated rings. The largest absolute Gasteiger partial charge is 0.481 e. The Bertz CT molecular complexity index is 501. The molecule has 1 aromatic carbocycles. The number of para-hydroxylation sites is 2. The predicted molar refractivity (Wildman–Crippen MR) is 72.5 cm³/mol. The highest BCUT2D eigenvalue weighted by atomic mass is 16.4. The second-order valence-corrected chi connectivity index (χ2v) is 5.20. The number of carboxylic acids is 1. The van der Waals surface area contributed by atoms with E-state index in [-0.39, 0.29) is 11.8 Å². The van der Waals surface area contributed by atoms with Gasteiger partial charge < -0.3 is 16.2 Å². The van der Waals surface area contributed by atoms with E-state index in [1.54, 1.807) is 24.3 Å². The molecule has 1 aliphatic rings. The molecule has 5 nitrogen and oxygen atoms in total. The van der Waals surface area contributed by atoms with Gasteiger partial charge in [0.2, 0.25) is 5.91 Å². The second-order valence-electron chi connectivity index (χ2n) is 5.20. The molecule has 0 aliphatic heterocycles. The number of amides is 1. The number of nitrogens with one attached hydrogen (secondary N) is 1. The number of anilines is 2. The third kappa shape index (κ3) is 2.86. The van der Waals surface area contributed by atoms with Crippen LogP contribution in [-0.4, -0.2) is 17.0 Å². The monoisotopic (exact) mass is 262 g/mol. The predicted octanol–water partition coefficient (Wildman–Crippen LogP) is 1.95. The van der Waals surface area contributed by atoms with E-state index in [2.05, 4.69) is 5.32 Å². The molecule has 3 atom stereocenters. The highest BCUT2D eigenvalue weighted by Gasteiger charge is 2.41. The summed E-state index contributed by atoms with van der Waals surface area (Å²) in [5.41, 5.74) is 6.78. The van der Waals surface area contributed by atoms with E-state index in [1.165, 1.54) is 0 Å². The molecule has 1 aromatic rings. The number of aliphatic carboxylic acids is 1. The van der Waals surface area contributed by atoms with Crippen LogP contribution in [0.3, 0.4) is 0 Å². The number of rotatable bonds is 3. The number of nitrogen functional groups attached to an aromatic ring is 1. The van der Waals surface area contributed by atoms with Crippen LogP contribution in [0, 0.1) is 17.8 Å². The minimum atomic E-state index is -0.898. The number of nitrogens with two attached hydrogens (primary N) is 1. The molecule has 0 radical (unpaired) electrons. The van der Waals surface area contributed by atoms with Gasteiger partial charge in [0.1, 0.15) is 0 Å². The van der Waals surface area contributed by atoms with Crippen LogP contribution in [0.15, 0.2) is 24.3 Å². The quantitative estimate of drug-likeness (QED) is 0.726. The van der Waals surface area contributed by atoms with Crippen molar-refractivity contribution in [2.24, 2.45) is 17.8 Å². The Balaban J connectivity index is 2.11. The number of benzene rings is 1. The summed E-state index contributed by atoms with van der Waals surface area (Å²) in [7, 11) is 0. The van der Waals surface area contributed by atoms with Gasteiger partial charge in [0.15, 0.2) is 0 Å². The zero-order valence-electron chi connectivity index (χ0n) is 10.8. The highest BCUT2D eigenvalue weighted by Crippen LogP contribution is 2.37. The van der Waals surface area contributed by atoms with E-state index in [9.17, 15) is 9.59 Å². The zero-order valence-corrected chi connectivity index (χ0v) is 10.8. The third-order valence-corrected chi connectivity index (χ3v) is 3.67. The van der Waals surface area contributed by atoms with Crippen LogP contribution in [0.4, 0.5) is 11.4 Å². The molecule has 0 spiro atoms. The number of carbonyl (C=O) groups excluding carboxylic acids is 1. The summed E-state index contributed by atoms with van der Waals surface area (Å²) in [6.45, 7) is 1.97. The van der Waals surface area contributed by atoms with E-state index in [1.807, 2.05) is 6.92 Å². The summed E-state index contributed by atoms with van der Waals surface area (Å²) >= 11 is 0. The van der Waals surface area contributed by atoms with Crippen LogP contribution in [0.2, 0.25) is 0 Å². The SMILES string of the molecule is CC1CC(C(=O)O)C(C(=O)Nc2ccccc2N)C1. The Kier molecular flexibility index (Phi) is 3.74. The van der Waals surface area contributed by atoms with Gasteiger partial charge in [0.25, 0.3) is 0 Å². The molecule has 0 aromatic heterocycles. The molecule has 1 amide bonds. The Morgan fingerprint density at radius 3 is 2.53 bits per heavy atom. The average molecular weight is 262 g/mol. The Labute approximate surface area is 111 Å². The fourth-order valence-corrected chi connectivity index (χ4v) is 2.69. The molecular formula is C14H18N2O3. The number of hydrogen-bond donors (Lipinski definition) is 3. The summed E-state index contributed by atoms with van der Waals surface area (Å²) in [5, 5.41) is 11.9. The maximum absolute atomic E-state index is 12.2. The lowest BCUT2D eigenvalue weighted by Crippen LogP contribution is -2.30. The molecule has 1 aliphatic carbocycles. The standard InChI is InChI=1S/C14H18N2O3/c1-8-6-9(10(7-8)14(18)19)13(17)16-12-5-3-2-4-11(12)15/h2-5,8-10H,6-7,15H2,1H3,(H,16,17)(H,18,19). The maximum Gasteiger partial charge on any atom is 0.307 e. The van der Waals surface area contributed by atoms with Crippen molar-refractivity contribution in [1.29, 1.82) is 0 Å². The van der Waals surface area contributed by atoms with Crippen molar-refractivity contribution in [3.63, 3.8) is 0 Å². The first-order valence-electron chi connectivity index (χ1n) is 6.37. The second kappa shape index (κ2) is 5.30. The van der Waals surface area contributed by atoms with Gasteiger partial charge in [0, 0.05) is 0 Å². The van der Waals surface area contributed by atoms with Crippen LogP contribution in [0.25, 0.3) is 0 Å². The Morgan fingerprint density at radius 2 is 1.89 bits per heavy atom. The molecule has 4 N–H and O–H groups in total. The van der Waals surface area contributed by atoms with Crippen LogP contribution >= 0.6 is 0 Å². The third-order valence-electron chi connectivity index (χ3n) is 3.67. The van der Waals surface area contributed by atoms with Crippen molar-refractivity contribution in [3.05, 3.63) is 24.3 Å². The topological polar surface area (TPSA) is 92.4 Å². The smallest absolute Gasteiger partial charge is 0.307 e. The summed E-state index contributed by atoms with van der Waals surface area (Å²) in [6.07, 6.45) is 1.16. The Hall–Kier alpha value is -2.04. The molecule has 1 saturated carbocycles. The summed E-state index contributed by atoms with van der Waals surface area (Å²) in [6, 6.07) is 6.96. The van der Waals surface area contributed by atoms with E-state index in [0.29, 0.717) is 24.2 Å². The normalized spacial score (nSPS) is 26.1. The Morgan fingerprint density at radius 1 is 1.26 bits per heavy atom. The van der Waals surface area contributed by atoms with Gasteiger partial charge in [-0.1, -0.05) is 19.1 Å². The van der Waals surface area contributed by atoms with Crippen molar-refractivity contribution in [2.45, 2.75) is 19.8 Å². The molecule has 19 heavy (non-hydrogen) atoms. The highest BCUT2D eigenvalue weighted by molar-refractivity contribution is 5.97. The molecule has 0 bridgehead atoms. The fourth-order valence-electron chi connectivity index (χ4n) is 2.69. The van der Waals surface area contributed by atoms with Crippen LogP contribution in [-0.2, 0) is 9.59 Å². The van der Waals surface area contributed by atoms with Gasteiger partial charge in [-0.05, 0) is 30.9 Å². The molecule has 5 heteroatoms. The lowest BCUT2D eigenvalue weighted by Gasteiger charge is -2.16. The van der Waals surface area contributed by atoms with E-state index in [0.717, 1.165) is 0 Å². The first-order valence-corrected chi connectivity index (χ1v) is 6.37. The number of carbonyl (C=O) groups is 2. The van der Waals surface area contributed by atoms with Gasteiger partial charge in [-0.25, -0.2) is 0 Å². The van der Waals surface area contributed by atoms with Crippen LogP contribution < -0.4 is 11.1 Å². The molecule has 0 heterocycles. The summed E-state index contributed by atoms with van der Waals surface area (Å²) in [4.78, 5) is 23.4. The zero-order chi connectivity index (χ0) is 14.0. The van der Waals surface area contributed by atoms with Crippen LogP contribution in [0.5, 0.6) is 0 Å².